The van der Waals surface area contributed by atoms with Crippen LogP contribution in [0.3, 0.4) is 0 Å². The predicted molar refractivity (Wildman–Crippen MR) is 108 cm³/mol. The highest BCUT2D eigenvalue weighted by Gasteiger charge is 2.22. The van der Waals surface area contributed by atoms with Gasteiger partial charge in [0.2, 0.25) is 5.91 Å². The lowest BCUT2D eigenvalue weighted by molar-refractivity contribution is -0.121. The Morgan fingerprint density at radius 2 is 2.04 bits per heavy atom. The summed E-state index contributed by atoms with van der Waals surface area (Å²) in [5.74, 6) is 0.915. The van der Waals surface area contributed by atoms with E-state index in [0.29, 0.717) is 12.3 Å². The Bertz CT molecular complexity index is 555. The van der Waals surface area contributed by atoms with Crippen molar-refractivity contribution in [2.24, 2.45) is 5.92 Å². The number of carbonyl (C=O) groups excluding carboxylic acids is 1. The van der Waals surface area contributed by atoms with Crippen LogP contribution in [-0.4, -0.2) is 61.0 Å². The molecule has 0 spiro atoms. The van der Waals surface area contributed by atoms with E-state index in [1.54, 1.807) is 4.88 Å². The van der Waals surface area contributed by atoms with Crippen molar-refractivity contribution in [2.75, 3.05) is 40.3 Å². The molecule has 1 aromatic rings. The first-order chi connectivity index (χ1) is 12.6. The van der Waals surface area contributed by atoms with E-state index in [4.69, 9.17) is 4.98 Å². The van der Waals surface area contributed by atoms with E-state index in [1.165, 1.54) is 49.2 Å². The quantitative estimate of drug-likeness (QED) is 0.756. The van der Waals surface area contributed by atoms with Crippen LogP contribution in [0.2, 0.25) is 0 Å². The zero-order valence-corrected chi connectivity index (χ0v) is 17.2. The number of likely N-dealkylation sites (tertiary alicyclic amines) is 1. The Kier molecular flexibility index (Phi) is 7.46. The molecule has 146 valence electrons. The first-order valence-corrected chi connectivity index (χ1v) is 11.0. The Morgan fingerprint density at radius 3 is 2.77 bits per heavy atom. The van der Waals surface area contributed by atoms with Gasteiger partial charge < -0.3 is 10.2 Å². The first kappa shape index (κ1) is 19.8. The van der Waals surface area contributed by atoms with Crippen LogP contribution in [0, 0.1) is 5.92 Å². The Labute approximate surface area is 162 Å². The largest absolute Gasteiger partial charge is 0.355 e. The van der Waals surface area contributed by atoms with Gasteiger partial charge in [-0.1, -0.05) is 0 Å². The Hall–Kier alpha value is -0.980. The minimum atomic E-state index is 0.211. The number of fused-ring (bicyclic) bond motifs is 1. The number of likely N-dealkylation sites (N-methyl/N-ethyl adjacent to an activating group) is 1. The maximum atomic E-state index is 11.9. The number of nitrogens with one attached hydrogen (secondary N) is 1. The van der Waals surface area contributed by atoms with Crippen LogP contribution >= 0.6 is 11.3 Å². The zero-order valence-electron chi connectivity index (χ0n) is 16.4. The maximum Gasteiger partial charge on any atom is 0.220 e. The number of hydrogen-bond donors (Lipinski definition) is 1. The molecular weight excluding hydrogens is 344 g/mol. The van der Waals surface area contributed by atoms with Gasteiger partial charge in [0.1, 0.15) is 5.01 Å². The number of thiazole rings is 1. The minimum absolute atomic E-state index is 0.211. The van der Waals surface area contributed by atoms with Gasteiger partial charge in [0, 0.05) is 24.4 Å². The van der Waals surface area contributed by atoms with E-state index >= 15 is 0 Å². The Morgan fingerprint density at radius 1 is 1.27 bits per heavy atom. The van der Waals surface area contributed by atoms with E-state index < -0.39 is 0 Å². The van der Waals surface area contributed by atoms with Crippen LogP contribution in [0.5, 0.6) is 0 Å². The summed E-state index contributed by atoms with van der Waals surface area (Å²) in [6.45, 7) is 4.98. The molecule has 1 amide bonds. The van der Waals surface area contributed by atoms with Gasteiger partial charge in [-0.15, -0.1) is 11.3 Å². The number of piperidine rings is 1. The van der Waals surface area contributed by atoms with Crippen molar-refractivity contribution >= 4 is 17.2 Å². The molecule has 1 saturated heterocycles. The van der Waals surface area contributed by atoms with Gasteiger partial charge in [-0.25, -0.2) is 4.98 Å². The number of aryl methyl sites for hydroxylation is 2. The fraction of sp³-hybridized carbons (Fsp3) is 0.800. The molecule has 1 aliphatic carbocycles. The standard InChI is InChI=1S/C20H34N4OS/c1-23(2)14-11-21-19(25)8-7-16-9-12-24(13-10-16)15-20-22-17-5-3-4-6-18(17)26-20/h16H,3-15H2,1-2H3,(H,21,25). The molecule has 26 heavy (non-hydrogen) atoms. The molecule has 1 aromatic heterocycles. The van der Waals surface area contributed by atoms with Crippen molar-refractivity contribution in [3.05, 3.63) is 15.6 Å². The summed E-state index contributed by atoms with van der Waals surface area (Å²) < 4.78 is 0. The lowest BCUT2D eigenvalue weighted by Gasteiger charge is -2.31. The normalized spacial score (nSPS) is 18.9. The van der Waals surface area contributed by atoms with Crippen LogP contribution in [0.1, 0.15) is 54.1 Å². The van der Waals surface area contributed by atoms with Crippen molar-refractivity contribution in [1.29, 1.82) is 0 Å². The molecular formula is C20H34N4OS. The molecule has 2 aliphatic rings. The molecule has 3 rings (SSSR count). The van der Waals surface area contributed by atoms with Gasteiger partial charge in [-0.2, -0.15) is 0 Å². The van der Waals surface area contributed by atoms with Gasteiger partial charge in [-0.3, -0.25) is 9.69 Å². The van der Waals surface area contributed by atoms with Crippen LogP contribution < -0.4 is 5.32 Å². The second-order valence-corrected chi connectivity index (χ2v) is 9.26. The second kappa shape index (κ2) is 9.81. The smallest absolute Gasteiger partial charge is 0.220 e. The molecule has 1 fully saturated rings. The monoisotopic (exact) mass is 378 g/mol. The van der Waals surface area contributed by atoms with Gasteiger partial charge in [0.05, 0.1) is 12.2 Å². The fourth-order valence-corrected chi connectivity index (χ4v) is 5.14. The number of rotatable bonds is 8. The Balaban J connectivity index is 1.33. The SMILES string of the molecule is CN(C)CCNC(=O)CCC1CCN(Cc2nc3c(s2)CCCC3)CC1. The molecule has 0 radical (unpaired) electrons. The number of aromatic nitrogens is 1. The number of nitrogens with zero attached hydrogens (tertiary/aromatic N) is 3. The van der Waals surface area contributed by atoms with E-state index in [2.05, 4.69) is 15.1 Å². The number of hydrogen-bond acceptors (Lipinski definition) is 5. The van der Waals surface area contributed by atoms with Crippen molar-refractivity contribution in [3.8, 4) is 0 Å². The van der Waals surface area contributed by atoms with Gasteiger partial charge in [0.15, 0.2) is 0 Å². The van der Waals surface area contributed by atoms with Crippen LogP contribution in [0.15, 0.2) is 0 Å². The summed E-state index contributed by atoms with van der Waals surface area (Å²) in [5.41, 5.74) is 1.38. The molecule has 0 unspecified atom stereocenters. The third-order valence-electron chi connectivity index (χ3n) is 5.62. The third kappa shape index (κ3) is 6.03. The van der Waals surface area contributed by atoms with Crippen LogP contribution in [-0.2, 0) is 24.2 Å². The molecule has 1 aliphatic heterocycles. The van der Waals surface area contributed by atoms with E-state index in [1.807, 2.05) is 25.4 Å². The molecule has 2 heterocycles. The average molecular weight is 379 g/mol. The van der Waals surface area contributed by atoms with Crippen molar-refractivity contribution < 1.29 is 4.79 Å². The first-order valence-electron chi connectivity index (χ1n) is 10.2. The summed E-state index contributed by atoms with van der Waals surface area (Å²) in [6.07, 6.45) is 9.22. The fourth-order valence-electron chi connectivity index (χ4n) is 3.94. The molecule has 1 N–H and O–H groups in total. The molecule has 0 bridgehead atoms. The topological polar surface area (TPSA) is 48.5 Å². The zero-order chi connectivity index (χ0) is 18.4. The molecule has 0 atom stereocenters. The molecule has 0 saturated carbocycles. The highest BCUT2D eigenvalue weighted by molar-refractivity contribution is 7.11. The lowest BCUT2D eigenvalue weighted by atomic mass is 9.92. The van der Waals surface area contributed by atoms with Gasteiger partial charge in [-0.05, 0) is 78.0 Å². The summed E-state index contributed by atoms with van der Waals surface area (Å²) >= 11 is 1.94. The molecule has 6 heteroatoms. The average Bonchev–Trinajstić information content (AvgIpc) is 3.03. The lowest BCUT2D eigenvalue weighted by Crippen LogP contribution is -2.34. The highest BCUT2D eigenvalue weighted by atomic mass is 32.1. The summed E-state index contributed by atoms with van der Waals surface area (Å²) in [6, 6.07) is 0. The third-order valence-corrected chi connectivity index (χ3v) is 6.76. The number of carbonyl (C=O) groups is 1. The van der Waals surface area contributed by atoms with E-state index in [0.717, 1.165) is 39.1 Å². The molecule has 5 nitrogen and oxygen atoms in total. The van der Waals surface area contributed by atoms with Gasteiger partial charge in [0.25, 0.3) is 0 Å². The maximum absolute atomic E-state index is 11.9. The van der Waals surface area contributed by atoms with Crippen LogP contribution in [0.4, 0.5) is 0 Å². The summed E-state index contributed by atoms with van der Waals surface area (Å²) in [5, 5.41) is 4.34. The minimum Gasteiger partial charge on any atom is -0.355 e. The number of amides is 1. The second-order valence-electron chi connectivity index (χ2n) is 8.10. The van der Waals surface area contributed by atoms with Crippen LogP contribution in [0.25, 0.3) is 0 Å². The summed E-state index contributed by atoms with van der Waals surface area (Å²) in [4.78, 5) is 23.0. The van der Waals surface area contributed by atoms with Crippen molar-refractivity contribution in [1.82, 2.24) is 20.1 Å². The summed E-state index contributed by atoms with van der Waals surface area (Å²) in [7, 11) is 4.06. The van der Waals surface area contributed by atoms with E-state index in [9.17, 15) is 4.79 Å². The van der Waals surface area contributed by atoms with Crippen molar-refractivity contribution in [2.45, 2.75) is 57.9 Å². The van der Waals surface area contributed by atoms with Gasteiger partial charge >= 0.3 is 0 Å². The molecule has 0 aromatic carbocycles. The van der Waals surface area contributed by atoms with Crippen molar-refractivity contribution in [3.63, 3.8) is 0 Å². The van der Waals surface area contributed by atoms with E-state index in [-0.39, 0.29) is 5.91 Å². The highest BCUT2D eigenvalue weighted by Crippen LogP contribution is 2.29. The predicted octanol–water partition coefficient (Wildman–Crippen LogP) is 2.69.